The number of anilines is 2. The molecule has 0 aliphatic carbocycles. The second kappa shape index (κ2) is 7.03. The van der Waals surface area contributed by atoms with E-state index in [1.807, 2.05) is 23.6 Å². The Bertz CT molecular complexity index is 993. The quantitative estimate of drug-likeness (QED) is 0.601. The van der Waals surface area contributed by atoms with Crippen molar-refractivity contribution in [3.05, 3.63) is 51.8 Å². The number of aromatic nitrogens is 1. The highest BCUT2D eigenvalue weighted by atomic mass is 35.5. The summed E-state index contributed by atoms with van der Waals surface area (Å²) in [6, 6.07) is 10.0. The molecule has 4 rings (SSSR count). The molecule has 132 valence electrons. The third kappa shape index (κ3) is 3.55. The smallest absolute Gasteiger partial charge is 0.325 e. The van der Waals surface area contributed by atoms with Crippen molar-refractivity contribution in [3.63, 3.8) is 0 Å². The highest BCUT2D eigenvalue weighted by molar-refractivity contribution is 7.14. The molecule has 9 heteroatoms. The molecule has 3 aromatic rings. The van der Waals surface area contributed by atoms with E-state index in [9.17, 15) is 4.79 Å². The molecule has 0 unspecified atom stereocenters. The van der Waals surface area contributed by atoms with Crippen molar-refractivity contribution in [2.24, 2.45) is 0 Å². The van der Waals surface area contributed by atoms with Crippen LogP contribution in [0.25, 0.3) is 11.3 Å². The molecule has 0 fully saturated rings. The van der Waals surface area contributed by atoms with E-state index in [0.29, 0.717) is 32.4 Å². The molecule has 0 radical (unpaired) electrons. The topological polar surface area (TPSA) is 72.5 Å². The monoisotopic (exact) mass is 407 g/mol. The maximum absolute atomic E-state index is 12.1. The van der Waals surface area contributed by atoms with Gasteiger partial charge in [0.05, 0.1) is 15.7 Å². The number of urea groups is 1. The van der Waals surface area contributed by atoms with Crippen molar-refractivity contribution in [2.75, 3.05) is 17.4 Å². The van der Waals surface area contributed by atoms with Crippen LogP contribution in [0.4, 0.5) is 15.6 Å². The Hall–Kier alpha value is -2.48. The van der Waals surface area contributed by atoms with Crippen LogP contribution in [0, 0.1) is 0 Å². The fourth-order valence-electron chi connectivity index (χ4n) is 2.35. The van der Waals surface area contributed by atoms with Crippen LogP contribution in [0.5, 0.6) is 11.5 Å². The Kier molecular flexibility index (Phi) is 4.58. The Labute approximate surface area is 162 Å². The summed E-state index contributed by atoms with van der Waals surface area (Å²) < 4.78 is 10.7. The number of benzene rings is 2. The van der Waals surface area contributed by atoms with Gasteiger partial charge in [-0.1, -0.05) is 23.2 Å². The lowest BCUT2D eigenvalue weighted by Crippen LogP contribution is -2.19. The largest absolute Gasteiger partial charge is 0.454 e. The van der Waals surface area contributed by atoms with Crippen molar-refractivity contribution in [3.8, 4) is 22.8 Å². The molecule has 0 saturated carbocycles. The van der Waals surface area contributed by atoms with Crippen molar-refractivity contribution >= 4 is 51.4 Å². The van der Waals surface area contributed by atoms with E-state index >= 15 is 0 Å². The molecule has 0 bridgehead atoms. The summed E-state index contributed by atoms with van der Waals surface area (Å²) in [6.45, 7) is 0.220. The van der Waals surface area contributed by atoms with Crippen LogP contribution in [-0.4, -0.2) is 17.8 Å². The van der Waals surface area contributed by atoms with Gasteiger partial charge >= 0.3 is 6.03 Å². The lowest BCUT2D eigenvalue weighted by atomic mass is 10.1. The molecule has 0 atom stereocenters. The Morgan fingerprint density at radius 1 is 1.04 bits per heavy atom. The van der Waals surface area contributed by atoms with Gasteiger partial charge in [0.25, 0.3) is 0 Å². The number of carbonyl (C=O) groups is 1. The molecule has 26 heavy (non-hydrogen) atoms. The first kappa shape index (κ1) is 17.0. The number of nitrogens with one attached hydrogen (secondary N) is 2. The first-order valence-corrected chi connectivity index (χ1v) is 9.11. The molecule has 1 aromatic heterocycles. The van der Waals surface area contributed by atoms with E-state index < -0.39 is 6.03 Å². The van der Waals surface area contributed by atoms with Gasteiger partial charge in [-0.2, -0.15) is 0 Å². The summed E-state index contributed by atoms with van der Waals surface area (Å²) >= 11 is 13.1. The second-order valence-electron chi connectivity index (χ2n) is 5.31. The number of ether oxygens (including phenoxy) is 2. The first-order valence-electron chi connectivity index (χ1n) is 7.47. The van der Waals surface area contributed by atoms with Crippen molar-refractivity contribution < 1.29 is 14.3 Å². The number of rotatable bonds is 3. The van der Waals surface area contributed by atoms with Crippen LogP contribution in [0.1, 0.15) is 0 Å². The zero-order valence-electron chi connectivity index (χ0n) is 13.1. The summed E-state index contributed by atoms with van der Waals surface area (Å²) in [5, 5.41) is 8.48. The summed E-state index contributed by atoms with van der Waals surface area (Å²) in [5.74, 6) is 1.39. The highest BCUT2D eigenvalue weighted by Crippen LogP contribution is 2.36. The van der Waals surface area contributed by atoms with Crippen LogP contribution in [0.3, 0.4) is 0 Å². The number of nitrogens with zero attached hydrogens (tertiary/aromatic N) is 1. The van der Waals surface area contributed by atoms with E-state index in [1.165, 1.54) is 11.3 Å². The van der Waals surface area contributed by atoms with Crippen LogP contribution < -0.4 is 20.1 Å². The maximum Gasteiger partial charge on any atom is 0.325 e. The number of halogens is 2. The molecular formula is C17H11Cl2N3O3S. The van der Waals surface area contributed by atoms with Crippen molar-refractivity contribution in [1.29, 1.82) is 0 Å². The molecule has 2 aromatic carbocycles. The summed E-state index contributed by atoms with van der Waals surface area (Å²) in [5.41, 5.74) is 2.14. The fourth-order valence-corrected chi connectivity index (χ4v) is 3.37. The van der Waals surface area contributed by atoms with Gasteiger partial charge in [0.2, 0.25) is 6.79 Å². The SMILES string of the molecule is O=C(Nc1ccc(Cl)c(Cl)c1)Nc1nc(-c2ccc3c(c2)OCO3)cs1. The van der Waals surface area contributed by atoms with Gasteiger partial charge in [-0.25, -0.2) is 9.78 Å². The van der Waals surface area contributed by atoms with E-state index in [0.717, 1.165) is 11.3 Å². The number of fused-ring (bicyclic) bond motifs is 1. The molecule has 2 amide bonds. The molecule has 2 N–H and O–H groups in total. The Morgan fingerprint density at radius 3 is 2.73 bits per heavy atom. The predicted molar refractivity (Wildman–Crippen MR) is 103 cm³/mol. The van der Waals surface area contributed by atoms with Crippen LogP contribution in [0.15, 0.2) is 41.8 Å². The number of carbonyl (C=O) groups excluding carboxylic acids is 1. The highest BCUT2D eigenvalue weighted by Gasteiger charge is 2.15. The molecule has 0 spiro atoms. The summed E-state index contributed by atoms with van der Waals surface area (Å²) in [6.07, 6.45) is 0. The minimum atomic E-state index is -0.421. The third-order valence-corrected chi connectivity index (χ3v) is 5.07. The Balaban J connectivity index is 1.44. The molecule has 6 nitrogen and oxygen atoms in total. The van der Waals surface area contributed by atoms with Crippen molar-refractivity contribution in [1.82, 2.24) is 4.98 Å². The number of thiazole rings is 1. The lowest BCUT2D eigenvalue weighted by molar-refractivity contribution is 0.174. The zero-order valence-corrected chi connectivity index (χ0v) is 15.4. The number of amides is 2. The summed E-state index contributed by atoms with van der Waals surface area (Å²) in [7, 11) is 0. The second-order valence-corrected chi connectivity index (χ2v) is 6.99. The lowest BCUT2D eigenvalue weighted by Gasteiger charge is -2.06. The van der Waals surface area contributed by atoms with Gasteiger partial charge in [0.1, 0.15) is 0 Å². The van der Waals surface area contributed by atoms with Crippen molar-refractivity contribution in [2.45, 2.75) is 0 Å². The summed E-state index contributed by atoms with van der Waals surface area (Å²) in [4.78, 5) is 16.5. The molecule has 0 saturated heterocycles. The van der Waals surface area contributed by atoms with Gasteiger partial charge in [-0.3, -0.25) is 5.32 Å². The predicted octanol–water partition coefficient (Wildman–Crippen LogP) is 5.49. The third-order valence-electron chi connectivity index (χ3n) is 3.57. The molecule has 2 heterocycles. The fraction of sp³-hybridized carbons (Fsp3) is 0.0588. The van der Waals surface area contributed by atoms with Gasteiger partial charge in [-0.15, -0.1) is 11.3 Å². The van der Waals surface area contributed by atoms with Gasteiger partial charge in [0, 0.05) is 16.6 Å². The van der Waals surface area contributed by atoms with E-state index in [2.05, 4.69) is 15.6 Å². The maximum atomic E-state index is 12.1. The average molecular weight is 408 g/mol. The number of hydrogen-bond acceptors (Lipinski definition) is 5. The standard InChI is InChI=1S/C17H11Cl2N3O3S/c18-11-3-2-10(6-12(11)19)20-16(23)22-17-21-13(7-26-17)9-1-4-14-15(5-9)25-8-24-14/h1-7H,8H2,(H2,20,21,22,23). The van der Waals surface area contributed by atoms with Gasteiger partial charge in [0.15, 0.2) is 16.6 Å². The molecule has 1 aliphatic rings. The van der Waals surface area contributed by atoms with Crippen LogP contribution in [-0.2, 0) is 0 Å². The average Bonchev–Trinajstić information content (AvgIpc) is 3.26. The van der Waals surface area contributed by atoms with E-state index in [-0.39, 0.29) is 6.79 Å². The van der Waals surface area contributed by atoms with Crippen LogP contribution >= 0.6 is 34.5 Å². The van der Waals surface area contributed by atoms with Gasteiger partial charge in [-0.05, 0) is 36.4 Å². The van der Waals surface area contributed by atoms with Crippen LogP contribution in [0.2, 0.25) is 10.0 Å². The molecule has 1 aliphatic heterocycles. The van der Waals surface area contributed by atoms with E-state index in [1.54, 1.807) is 18.2 Å². The minimum absolute atomic E-state index is 0.220. The zero-order chi connectivity index (χ0) is 18.1. The van der Waals surface area contributed by atoms with Gasteiger partial charge < -0.3 is 14.8 Å². The van der Waals surface area contributed by atoms with E-state index in [4.69, 9.17) is 32.7 Å². The minimum Gasteiger partial charge on any atom is -0.454 e. The molecular weight excluding hydrogens is 397 g/mol. The number of hydrogen-bond donors (Lipinski definition) is 2. The first-order chi connectivity index (χ1) is 12.6. The normalized spacial score (nSPS) is 12.1. The Morgan fingerprint density at radius 2 is 1.88 bits per heavy atom.